The lowest BCUT2D eigenvalue weighted by molar-refractivity contribution is 0.504. The molecule has 0 amide bonds. The first kappa shape index (κ1) is 20.0. The van der Waals surface area contributed by atoms with Gasteiger partial charge in [-0.05, 0) is 52.6 Å². The van der Waals surface area contributed by atoms with E-state index in [4.69, 9.17) is 9.97 Å². The van der Waals surface area contributed by atoms with Gasteiger partial charge < -0.3 is 0 Å². The van der Waals surface area contributed by atoms with E-state index < -0.39 is 0 Å². The lowest BCUT2D eigenvalue weighted by Crippen LogP contribution is -2.18. The topological polar surface area (TPSA) is 41.9 Å². The Labute approximate surface area is 168 Å². The second kappa shape index (κ2) is 7.70. The van der Waals surface area contributed by atoms with Gasteiger partial charge in [0.15, 0.2) is 0 Å². The quantitative estimate of drug-likeness (QED) is 0.523. The summed E-state index contributed by atoms with van der Waals surface area (Å²) in [6.07, 6.45) is 6.77. The molecular weight excluding hydrogens is 344 g/mol. The van der Waals surface area contributed by atoms with Crippen LogP contribution < -0.4 is 4.90 Å². The van der Waals surface area contributed by atoms with E-state index in [0.29, 0.717) is 0 Å². The maximum absolute atomic E-state index is 4.76. The highest BCUT2D eigenvalue weighted by molar-refractivity contribution is 5.69. The number of rotatable bonds is 5. The first-order valence-corrected chi connectivity index (χ1v) is 9.86. The Morgan fingerprint density at radius 1 is 0.714 bits per heavy atom. The molecule has 28 heavy (non-hydrogen) atoms. The molecule has 0 N–H and O–H groups in total. The second-order valence-corrected chi connectivity index (χ2v) is 8.82. The van der Waals surface area contributed by atoms with Crippen LogP contribution in [-0.4, -0.2) is 15.0 Å². The van der Waals surface area contributed by atoms with Crippen LogP contribution in [0.2, 0.25) is 0 Å². The molecule has 4 nitrogen and oxygen atoms in total. The number of nitrogens with zero attached hydrogens (tertiary/aromatic N) is 4. The van der Waals surface area contributed by atoms with Gasteiger partial charge in [-0.1, -0.05) is 59.7 Å². The summed E-state index contributed by atoms with van der Waals surface area (Å²) < 4.78 is 0. The molecule has 3 rings (SSSR count). The molecule has 0 saturated heterocycles. The van der Waals surface area contributed by atoms with Crippen LogP contribution in [0.4, 0.5) is 17.5 Å². The number of pyridine rings is 3. The maximum Gasteiger partial charge on any atom is 0.139 e. The molecule has 0 atom stereocenters. The Morgan fingerprint density at radius 2 is 1.29 bits per heavy atom. The predicted molar refractivity (Wildman–Crippen MR) is 117 cm³/mol. The average Bonchev–Trinajstić information content (AvgIpc) is 2.69. The molecule has 0 fully saturated rings. The summed E-state index contributed by atoms with van der Waals surface area (Å²) in [4.78, 5) is 16.0. The van der Waals surface area contributed by atoms with Crippen molar-refractivity contribution in [3.05, 3.63) is 72.2 Å². The van der Waals surface area contributed by atoms with Crippen molar-refractivity contribution >= 4 is 17.5 Å². The van der Waals surface area contributed by atoms with Crippen LogP contribution in [-0.2, 0) is 10.8 Å². The molecule has 0 saturated carbocycles. The molecule has 4 heteroatoms. The molecule has 0 aliphatic heterocycles. The van der Waals surface area contributed by atoms with Crippen molar-refractivity contribution in [2.24, 2.45) is 0 Å². The van der Waals surface area contributed by atoms with Crippen LogP contribution >= 0.6 is 0 Å². The SMILES string of the molecule is CCC(C)(C)c1ccc(N(c2ccccn2)c2ccc(C(C)(C)C)cn2)nc1. The smallest absolute Gasteiger partial charge is 0.139 e. The van der Waals surface area contributed by atoms with Crippen LogP contribution in [0.15, 0.2) is 61.1 Å². The van der Waals surface area contributed by atoms with E-state index >= 15 is 0 Å². The van der Waals surface area contributed by atoms with Crippen molar-refractivity contribution in [2.45, 2.75) is 58.8 Å². The van der Waals surface area contributed by atoms with Gasteiger partial charge in [0, 0.05) is 18.6 Å². The summed E-state index contributed by atoms with van der Waals surface area (Å²) in [5, 5.41) is 0. The van der Waals surface area contributed by atoms with Gasteiger partial charge in [-0.15, -0.1) is 0 Å². The minimum atomic E-state index is 0.0625. The van der Waals surface area contributed by atoms with E-state index in [1.807, 2.05) is 41.6 Å². The Bertz CT molecular complexity index is 892. The van der Waals surface area contributed by atoms with Gasteiger partial charge >= 0.3 is 0 Å². The molecule has 0 bridgehead atoms. The van der Waals surface area contributed by atoms with Crippen molar-refractivity contribution < 1.29 is 0 Å². The van der Waals surface area contributed by atoms with E-state index in [9.17, 15) is 0 Å². The summed E-state index contributed by atoms with van der Waals surface area (Å²) in [6, 6.07) is 14.3. The van der Waals surface area contributed by atoms with Crippen molar-refractivity contribution in [3.8, 4) is 0 Å². The van der Waals surface area contributed by atoms with Crippen molar-refractivity contribution in [1.82, 2.24) is 15.0 Å². The Balaban J connectivity index is 2.04. The minimum Gasteiger partial charge on any atom is -0.262 e. The van der Waals surface area contributed by atoms with Gasteiger partial charge in [-0.3, -0.25) is 4.90 Å². The minimum absolute atomic E-state index is 0.0625. The highest BCUT2D eigenvalue weighted by Crippen LogP contribution is 2.33. The van der Waals surface area contributed by atoms with Crippen molar-refractivity contribution in [2.75, 3.05) is 4.90 Å². The van der Waals surface area contributed by atoms with Gasteiger partial charge in [0.1, 0.15) is 17.5 Å². The fourth-order valence-corrected chi connectivity index (χ4v) is 2.92. The van der Waals surface area contributed by atoms with E-state index in [2.05, 4.69) is 64.7 Å². The van der Waals surface area contributed by atoms with Crippen LogP contribution in [0.5, 0.6) is 0 Å². The molecule has 0 aromatic carbocycles. The largest absolute Gasteiger partial charge is 0.262 e. The molecule has 0 spiro atoms. The third kappa shape index (κ3) is 4.22. The Kier molecular flexibility index (Phi) is 5.50. The number of anilines is 3. The predicted octanol–water partition coefficient (Wildman–Crippen LogP) is 6.33. The summed E-state index contributed by atoms with van der Waals surface area (Å²) in [7, 11) is 0. The van der Waals surface area contributed by atoms with Gasteiger partial charge in [0.25, 0.3) is 0 Å². The molecule has 3 aromatic rings. The lowest BCUT2D eigenvalue weighted by Gasteiger charge is -2.26. The number of hydrogen-bond acceptors (Lipinski definition) is 4. The number of hydrogen-bond donors (Lipinski definition) is 0. The summed E-state index contributed by atoms with van der Waals surface area (Å²) in [5.41, 5.74) is 2.60. The fourth-order valence-electron chi connectivity index (χ4n) is 2.92. The molecule has 0 aliphatic rings. The molecular formula is C24H30N4. The van der Waals surface area contributed by atoms with Crippen LogP contribution in [0.25, 0.3) is 0 Å². The molecule has 0 radical (unpaired) electrons. The third-order valence-electron chi connectivity index (χ3n) is 5.36. The van der Waals surface area contributed by atoms with Gasteiger partial charge in [0.2, 0.25) is 0 Å². The Hall–Kier alpha value is -2.75. The zero-order chi connectivity index (χ0) is 20.4. The monoisotopic (exact) mass is 374 g/mol. The Morgan fingerprint density at radius 3 is 1.71 bits per heavy atom. The maximum atomic E-state index is 4.76. The normalized spacial score (nSPS) is 12.1. The number of aromatic nitrogens is 3. The van der Waals surface area contributed by atoms with Crippen molar-refractivity contribution in [3.63, 3.8) is 0 Å². The van der Waals surface area contributed by atoms with Gasteiger partial charge in [-0.2, -0.15) is 0 Å². The molecule has 146 valence electrons. The summed E-state index contributed by atoms with van der Waals surface area (Å²) >= 11 is 0. The zero-order valence-electron chi connectivity index (χ0n) is 17.8. The standard InChI is InChI=1S/C24H30N4/c1-7-24(5,6)19-12-14-22(27-17-19)28(20-10-8-9-15-25-20)21-13-11-18(16-26-21)23(2,3)4/h8-17H,7H2,1-6H3. The third-order valence-corrected chi connectivity index (χ3v) is 5.36. The average molecular weight is 375 g/mol. The van der Waals surface area contributed by atoms with Crippen molar-refractivity contribution in [1.29, 1.82) is 0 Å². The highest BCUT2D eigenvalue weighted by Gasteiger charge is 2.21. The van der Waals surface area contributed by atoms with Crippen LogP contribution in [0.3, 0.4) is 0 Å². The summed E-state index contributed by atoms with van der Waals surface area (Å²) in [6.45, 7) is 13.3. The molecule has 0 aliphatic carbocycles. The first-order chi connectivity index (χ1) is 13.2. The zero-order valence-corrected chi connectivity index (χ0v) is 17.8. The van der Waals surface area contributed by atoms with Crippen LogP contribution in [0, 0.1) is 0 Å². The van der Waals surface area contributed by atoms with E-state index in [0.717, 1.165) is 23.9 Å². The lowest BCUT2D eigenvalue weighted by atomic mass is 9.83. The first-order valence-electron chi connectivity index (χ1n) is 9.86. The second-order valence-electron chi connectivity index (χ2n) is 8.82. The van der Waals surface area contributed by atoms with Gasteiger partial charge in [0.05, 0.1) is 0 Å². The highest BCUT2D eigenvalue weighted by atomic mass is 15.3. The van der Waals surface area contributed by atoms with E-state index in [-0.39, 0.29) is 10.8 Å². The van der Waals surface area contributed by atoms with Crippen LogP contribution in [0.1, 0.15) is 59.1 Å². The summed E-state index contributed by atoms with van der Waals surface area (Å²) in [5.74, 6) is 2.42. The fraction of sp³-hybridized carbons (Fsp3) is 0.375. The van der Waals surface area contributed by atoms with E-state index in [1.165, 1.54) is 11.1 Å². The van der Waals surface area contributed by atoms with Gasteiger partial charge in [-0.25, -0.2) is 15.0 Å². The molecule has 3 aromatic heterocycles. The van der Waals surface area contributed by atoms with E-state index in [1.54, 1.807) is 6.20 Å². The molecule has 0 unspecified atom stereocenters. The molecule has 3 heterocycles.